The van der Waals surface area contributed by atoms with Crippen LogP contribution >= 0.6 is 0 Å². The summed E-state index contributed by atoms with van der Waals surface area (Å²) in [5, 5.41) is 32.8. The number of hydrogen-bond acceptors (Lipinski definition) is 8. The number of aromatic nitrogens is 3. The van der Waals surface area contributed by atoms with Crippen molar-refractivity contribution < 1.29 is 19.7 Å². The Balaban J connectivity index is 1.43. The Morgan fingerprint density at radius 1 is 0.975 bits per heavy atom. The molecule has 2 aromatic carbocycles. The van der Waals surface area contributed by atoms with Crippen LogP contribution in [0.2, 0.25) is 0 Å². The molecule has 2 saturated heterocycles. The molecular weight excluding hydrogens is 508 g/mol. The first-order valence-corrected chi connectivity index (χ1v) is 14.3. The Labute approximate surface area is 235 Å². The first kappa shape index (κ1) is 28.1. The molecule has 3 heterocycles. The number of ether oxygens (including phenoxy) is 1. The molecule has 0 bridgehead atoms. The van der Waals surface area contributed by atoms with Crippen LogP contribution in [0.4, 0.5) is 0 Å². The molecule has 3 aromatic rings. The van der Waals surface area contributed by atoms with Crippen LogP contribution in [-0.4, -0.2) is 93.2 Å². The van der Waals surface area contributed by atoms with Gasteiger partial charge in [0.2, 0.25) is 5.82 Å². The Hall–Kier alpha value is -3.47. The summed E-state index contributed by atoms with van der Waals surface area (Å²) >= 11 is 0. The van der Waals surface area contributed by atoms with E-state index in [1.807, 2.05) is 38.1 Å². The average molecular weight is 549 g/mol. The molecule has 40 heavy (non-hydrogen) atoms. The molecule has 1 amide bonds. The number of morpholine rings is 1. The minimum Gasteiger partial charge on any atom is -0.508 e. The van der Waals surface area contributed by atoms with E-state index < -0.39 is 0 Å². The molecule has 0 spiro atoms. The van der Waals surface area contributed by atoms with Crippen molar-refractivity contribution in [2.24, 2.45) is 0 Å². The zero-order valence-corrected chi connectivity index (χ0v) is 23.5. The zero-order valence-electron chi connectivity index (χ0n) is 23.5. The molecule has 214 valence electrons. The maximum absolute atomic E-state index is 13.4. The van der Waals surface area contributed by atoms with Gasteiger partial charge in [-0.25, -0.2) is 0 Å². The van der Waals surface area contributed by atoms with E-state index >= 15 is 0 Å². The van der Waals surface area contributed by atoms with Crippen molar-refractivity contribution in [3.8, 4) is 28.6 Å². The molecule has 0 atom stereocenters. The van der Waals surface area contributed by atoms with Gasteiger partial charge in [-0.1, -0.05) is 26.0 Å². The summed E-state index contributed by atoms with van der Waals surface area (Å²) in [6.45, 7) is 11.8. The summed E-state index contributed by atoms with van der Waals surface area (Å²) < 4.78 is 7.15. The maximum Gasteiger partial charge on any atom is 0.289 e. The second-order valence-corrected chi connectivity index (χ2v) is 11.0. The average Bonchev–Trinajstić information content (AvgIpc) is 3.62. The van der Waals surface area contributed by atoms with Crippen LogP contribution in [0.15, 0.2) is 36.4 Å². The summed E-state index contributed by atoms with van der Waals surface area (Å²) in [4.78, 5) is 18.1. The van der Waals surface area contributed by atoms with Gasteiger partial charge in [0.15, 0.2) is 5.82 Å². The number of nitrogens with zero attached hydrogens (tertiary/aromatic N) is 5. The predicted octanol–water partition coefficient (Wildman–Crippen LogP) is 3.52. The lowest BCUT2D eigenvalue weighted by Crippen LogP contribution is -2.35. The van der Waals surface area contributed by atoms with Gasteiger partial charge in [0, 0.05) is 37.9 Å². The maximum atomic E-state index is 13.4. The van der Waals surface area contributed by atoms with Crippen LogP contribution in [0.25, 0.3) is 17.1 Å². The second kappa shape index (κ2) is 12.8. The van der Waals surface area contributed by atoms with Gasteiger partial charge >= 0.3 is 0 Å². The Morgan fingerprint density at radius 2 is 1.70 bits per heavy atom. The normalized spacial score (nSPS) is 16.6. The predicted molar refractivity (Wildman–Crippen MR) is 153 cm³/mol. The van der Waals surface area contributed by atoms with Gasteiger partial charge in [-0.15, -0.1) is 10.2 Å². The first-order chi connectivity index (χ1) is 19.4. The Bertz CT molecular complexity index is 1290. The van der Waals surface area contributed by atoms with Crippen molar-refractivity contribution in [3.05, 3.63) is 53.3 Å². The van der Waals surface area contributed by atoms with E-state index in [1.165, 1.54) is 18.9 Å². The third-order valence-electron chi connectivity index (χ3n) is 7.71. The monoisotopic (exact) mass is 548 g/mol. The van der Waals surface area contributed by atoms with E-state index in [0.29, 0.717) is 29.2 Å². The number of phenolic OH excluding ortho intramolecular Hbond substituents is 2. The lowest BCUT2D eigenvalue weighted by Gasteiger charge is -2.26. The SMILES string of the molecule is CC(C)c1cc(-c2nnc(C(=O)NCCCN3CCCC3)n2-c2ccc(CN3CCOCC3)cc2)c(O)cc1O. The molecular formula is C30H40N6O4. The molecule has 0 radical (unpaired) electrons. The van der Waals surface area contributed by atoms with Crippen LogP contribution in [-0.2, 0) is 11.3 Å². The lowest BCUT2D eigenvalue weighted by molar-refractivity contribution is 0.0342. The highest BCUT2D eigenvalue weighted by Crippen LogP contribution is 2.38. The zero-order chi connectivity index (χ0) is 28.1. The van der Waals surface area contributed by atoms with Crippen LogP contribution in [0.3, 0.4) is 0 Å². The molecule has 10 nitrogen and oxygen atoms in total. The number of nitrogens with one attached hydrogen (secondary N) is 1. The topological polar surface area (TPSA) is 116 Å². The summed E-state index contributed by atoms with van der Waals surface area (Å²) in [5.41, 5.74) is 2.95. The van der Waals surface area contributed by atoms with Crippen LogP contribution in [0, 0.1) is 0 Å². The van der Waals surface area contributed by atoms with E-state index in [-0.39, 0.29) is 29.1 Å². The van der Waals surface area contributed by atoms with Crippen molar-refractivity contribution in [2.75, 3.05) is 52.5 Å². The van der Waals surface area contributed by atoms with Gasteiger partial charge in [-0.2, -0.15) is 0 Å². The van der Waals surface area contributed by atoms with Gasteiger partial charge < -0.3 is 25.2 Å². The molecule has 0 unspecified atom stereocenters. The van der Waals surface area contributed by atoms with Crippen molar-refractivity contribution in [3.63, 3.8) is 0 Å². The highest BCUT2D eigenvalue weighted by molar-refractivity contribution is 5.92. The van der Waals surface area contributed by atoms with E-state index in [9.17, 15) is 15.0 Å². The number of hydrogen-bond donors (Lipinski definition) is 3. The van der Waals surface area contributed by atoms with Gasteiger partial charge in [-0.3, -0.25) is 14.3 Å². The number of carbonyl (C=O) groups excluding carboxylic acids is 1. The quantitative estimate of drug-likeness (QED) is 0.330. The summed E-state index contributed by atoms with van der Waals surface area (Å²) in [7, 11) is 0. The van der Waals surface area contributed by atoms with E-state index in [2.05, 4.69) is 25.3 Å². The van der Waals surface area contributed by atoms with Crippen molar-refractivity contribution >= 4 is 5.91 Å². The molecule has 5 rings (SSSR count). The fourth-order valence-corrected chi connectivity index (χ4v) is 5.44. The molecule has 3 N–H and O–H groups in total. The summed E-state index contributed by atoms with van der Waals surface area (Å²) in [5.74, 6) is 0.0783. The van der Waals surface area contributed by atoms with Gasteiger partial charge in [0.1, 0.15) is 11.5 Å². The second-order valence-electron chi connectivity index (χ2n) is 11.0. The number of aromatic hydroxyl groups is 2. The standard InChI is InChI=1S/C30H40N6O4/c1-21(2)24-18-25(27(38)19-26(24)37)28-32-33-29(30(39)31-10-5-13-34-11-3-4-12-34)36(28)23-8-6-22(7-9-23)20-35-14-16-40-17-15-35/h6-9,18-19,21,37-38H,3-5,10-17,20H2,1-2H3,(H,31,39). The third kappa shape index (κ3) is 6.46. The van der Waals surface area contributed by atoms with E-state index in [1.54, 1.807) is 10.6 Å². The molecule has 0 saturated carbocycles. The van der Waals surface area contributed by atoms with Gasteiger partial charge in [-0.05, 0) is 74.1 Å². The number of phenols is 2. The van der Waals surface area contributed by atoms with Crippen molar-refractivity contribution in [1.82, 2.24) is 29.9 Å². The van der Waals surface area contributed by atoms with Crippen LogP contribution in [0.5, 0.6) is 11.5 Å². The molecule has 1 aromatic heterocycles. The highest BCUT2D eigenvalue weighted by atomic mass is 16.5. The first-order valence-electron chi connectivity index (χ1n) is 14.3. The smallest absolute Gasteiger partial charge is 0.289 e. The molecule has 10 heteroatoms. The summed E-state index contributed by atoms with van der Waals surface area (Å²) in [6.07, 6.45) is 3.34. The summed E-state index contributed by atoms with van der Waals surface area (Å²) in [6, 6.07) is 11.0. The molecule has 0 aliphatic carbocycles. The number of rotatable bonds is 10. The van der Waals surface area contributed by atoms with Crippen LogP contribution < -0.4 is 5.32 Å². The lowest BCUT2D eigenvalue weighted by atomic mass is 9.98. The molecule has 2 fully saturated rings. The number of carbonyl (C=O) groups is 1. The molecule has 2 aliphatic heterocycles. The Morgan fingerprint density at radius 3 is 2.40 bits per heavy atom. The largest absolute Gasteiger partial charge is 0.508 e. The van der Waals surface area contributed by atoms with Gasteiger partial charge in [0.05, 0.1) is 18.8 Å². The fourth-order valence-electron chi connectivity index (χ4n) is 5.44. The highest BCUT2D eigenvalue weighted by Gasteiger charge is 2.24. The third-order valence-corrected chi connectivity index (χ3v) is 7.71. The van der Waals surface area contributed by atoms with Crippen LogP contribution in [0.1, 0.15) is 60.8 Å². The fraction of sp³-hybridized carbons (Fsp3) is 0.500. The van der Waals surface area contributed by atoms with Crippen molar-refractivity contribution in [1.29, 1.82) is 0 Å². The van der Waals surface area contributed by atoms with E-state index in [4.69, 9.17) is 4.74 Å². The minimum absolute atomic E-state index is 0.0192. The minimum atomic E-state index is -0.320. The molecule has 2 aliphatic rings. The number of likely N-dealkylation sites (tertiary alicyclic amines) is 1. The van der Waals surface area contributed by atoms with E-state index in [0.717, 1.165) is 64.5 Å². The number of benzene rings is 2. The Kier molecular flexibility index (Phi) is 8.98. The van der Waals surface area contributed by atoms with Crippen molar-refractivity contribution in [2.45, 2.75) is 45.6 Å². The van der Waals surface area contributed by atoms with Gasteiger partial charge in [0.25, 0.3) is 5.91 Å². The number of amides is 1.